The first-order valence-corrected chi connectivity index (χ1v) is 43.5. The van der Waals surface area contributed by atoms with Crippen LogP contribution in [-0.2, 0) is 68.6 Å². The van der Waals surface area contributed by atoms with Crippen molar-refractivity contribution < 1.29 is 155 Å². The Balaban J connectivity index is 0.936. The third-order valence-corrected chi connectivity index (χ3v) is 23.9. The van der Waals surface area contributed by atoms with Crippen molar-refractivity contribution in [1.82, 2.24) is 53.4 Å². The van der Waals surface area contributed by atoms with E-state index in [-0.39, 0.29) is 66.3 Å². The number of fused-ring (bicyclic) bond motifs is 15. The Morgan fingerprint density at radius 3 is 1.97 bits per heavy atom. The van der Waals surface area contributed by atoms with Gasteiger partial charge in [-0.3, -0.25) is 48.6 Å². The number of aliphatic hydroxyl groups is 8. The first-order valence-electron chi connectivity index (χ1n) is 42.8. The van der Waals surface area contributed by atoms with Gasteiger partial charge in [0.2, 0.25) is 53.4 Å². The Kier molecular flexibility index (Phi) is 31.9. The quantitative estimate of drug-likeness (QED) is 0.0381. The number of amides is 9. The van der Waals surface area contributed by atoms with Crippen molar-refractivity contribution in [3.8, 4) is 62.9 Å². The van der Waals surface area contributed by atoms with Crippen molar-refractivity contribution >= 4 is 82.1 Å². The number of carbonyl (C=O) groups excluding carboxylic acids is 9. The van der Waals surface area contributed by atoms with Crippen LogP contribution in [0.5, 0.6) is 51.7 Å². The van der Waals surface area contributed by atoms with Gasteiger partial charge in [-0.05, 0) is 152 Å². The minimum Gasteiger partial charge on any atom is -0.508 e. The van der Waals surface area contributed by atoms with Gasteiger partial charge in [-0.2, -0.15) is 0 Å². The summed E-state index contributed by atoms with van der Waals surface area (Å²) in [6, 6.07) is 9.89. The maximum Gasteiger partial charge on any atom is 0.573 e. The van der Waals surface area contributed by atoms with E-state index in [1.807, 2.05) is 0 Å². The number of nitrogens with two attached hydrogens (primary N) is 2. The average Bonchev–Trinajstić information content (AvgIpc) is 0.729. The van der Waals surface area contributed by atoms with Crippen molar-refractivity contribution in [3.63, 3.8) is 0 Å². The number of hydrazine groups is 1. The zero-order valence-electron chi connectivity index (χ0n) is 73.2. The molecule has 0 spiro atoms. The Labute approximate surface area is 782 Å². The molecule has 3 fully saturated rings. The highest BCUT2D eigenvalue weighted by atomic mass is 35.5. The molecule has 8 heterocycles. The summed E-state index contributed by atoms with van der Waals surface area (Å²) in [6.45, 7) is 6.61. The highest BCUT2D eigenvalue weighted by Gasteiger charge is 2.54. The minimum absolute atomic E-state index is 0.0533. The van der Waals surface area contributed by atoms with Crippen LogP contribution in [-0.4, -0.2) is 252 Å². The third-order valence-electron chi connectivity index (χ3n) is 23.3. The van der Waals surface area contributed by atoms with Crippen LogP contribution in [0.4, 0.5) is 18.9 Å². The topological polar surface area (TPSA) is 644 Å². The van der Waals surface area contributed by atoms with Gasteiger partial charge in [0, 0.05) is 60.0 Å². The van der Waals surface area contributed by atoms with Crippen molar-refractivity contribution in [2.24, 2.45) is 17.4 Å². The van der Waals surface area contributed by atoms with Gasteiger partial charge in [0.25, 0.3) is 11.8 Å². The average molecular weight is 1950 g/mol. The second-order valence-corrected chi connectivity index (χ2v) is 34.7. The number of hydrogen-bond acceptors (Lipinski definition) is 33. The zero-order chi connectivity index (χ0) is 98.5. The van der Waals surface area contributed by atoms with Gasteiger partial charge in [-0.15, -0.1) is 13.2 Å². The number of likely N-dealkylation sites (N-methyl/N-ethyl adjacent to an activating group) is 1. The van der Waals surface area contributed by atoms with Gasteiger partial charge in [-0.1, -0.05) is 80.4 Å². The van der Waals surface area contributed by atoms with Crippen molar-refractivity contribution in [2.75, 3.05) is 32.1 Å². The minimum atomic E-state index is -5.03. The van der Waals surface area contributed by atoms with E-state index in [1.165, 1.54) is 63.4 Å². The lowest BCUT2D eigenvalue weighted by Crippen LogP contribution is -2.65. The number of nitrogens with one attached hydrogen (secondary N) is 11. The number of benzene rings is 7. The molecule has 0 saturated carbocycles. The predicted octanol–water partition coefficient (Wildman–Crippen LogP) is 1.43. The van der Waals surface area contributed by atoms with Crippen LogP contribution in [0.1, 0.15) is 128 Å². The Morgan fingerprint density at radius 2 is 1.32 bits per heavy atom. The first-order chi connectivity index (χ1) is 64.4. The number of hydrogen-bond donors (Lipinski definition) is 24. The summed E-state index contributed by atoms with van der Waals surface area (Å²) in [5.74, 6) is -17.3. The molecule has 47 heteroatoms. The molecule has 23 atom stereocenters. The number of phenols is 3. The fraction of sp³-hybridized carbons (Fsp3) is 0.427. The molecule has 8 aliphatic rings. The Morgan fingerprint density at radius 1 is 0.669 bits per heavy atom. The summed E-state index contributed by atoms with van der Waals surface area (Å²) >= 11 is 14.6. The van der Waals surface area contributed by atoms with Gasteiger partial charge in [0.05, 0.1) is 41.3 Å². The second kappa shape index (κ2) is 42.8. The standard InChI is InChI=1S/C89H102Cl2F3N13O29/c1-7-99-107-85(127)65-47-28-44(109)29-53(111)62(47)46-23-38(14-17-52(46)110)63-81(123)106-67(84(126)104-65)74(133-61-31-88(5,96)77(119)36(4)128-61)40-16-19-55(49(91)25-40)130-57-27-42-26-56(129-54-18-15-39(24-48(54)90)68(113)66(105-79(121)50(97-6)20-35(2)3)83(125)101-51(30-60(95)112)80(122)102-64(42)82(124)103-63)75(57)134-87-73(118)71(116)76(59(34-108)132-87)135-86-72(117)70(115)69(114)58(131-86)33-98-32-37-10-8-12-43(21-37)100-78(120)41-11-9-13-45(22-41)136-89(92,93)94/h8-19,21-29,35-36,50-51,58-59,61,63-74,76-77,86-87,97-99,108-111,113-119H,7,20,30-34,96H2,1-6H3,(H2,95,112)(H,100,120)(H,101,125)(H,102,122)(H,103,124)(H,104,126)(H,105,121)(H,106,123)(H,107,127)/t36-,50+,51?,58+,59+,61-,63+,64+,65?,66?,67-,68+,69-,70-,71+,72+,73+,74+,76+,77-,86-,87-,88-/m0/s1. The first kappa shape index (κ1) is 101. The molecule has 136 heavy (non-hydrogen) atoms. The summed E-state index contributed by atoms with van der Waals surface area (Å²) < 4.78 is 94.3. The predicted molar refractivity (Wildman–Crippen MR) is 468 cm³/mol. The number of alkyl halides is 3. The summed E-state index contributed by atoms with van der Waals surface area (Å²) in [6.07, 6.45) is -35.2. The van der Waals surface area contributed by atoms with Gasteiger partial charge in [-0.25, -0.2) is 5.43 Å². The summed E-state index contributed by atoms with van der Waals surface area (Å²) in [5, 5.41) is 152. The summed E-state index contributed by atoms with van der Waals surface area (Å²) in [5.41, 5.74) is 13.9. The number of rotatable bonds is 24. The molecule has 42 nitrogen and oxygen atoms in total. The van der Waals surface area contributed by atoms with E-state index in [0.717, 1.165) is 78.9 Å². The number of halogens is 5. The number of carbonyl (C=O) groups is 9. The van der Waals surface area contributed by atoms with Gasteiger partial charge in [0.1, 0.15) is 132 Å². The molecule has 0 aliphatic carbocycles. The number of phenolic OH excluding ortho intramolecular Hbond substituents is 3. The van der Waals surface area contributed by atoms with E-state index in [0.29, 0.717) is 5.56 Å². The summed E-state index contributed by atoms with van der Waals surface area (Å²) in [7, 11) is 1.45. The van der Waals surface area contributed by atoms with E-state index in [4.69, 9.17) is 72.6 Å². The van der Waals surface area contributed by atoms with Crippen molar-refractivity contribution in [3.05, 3.63) is 176 Å². The lowest BCUT2D eigenvalue weighted by molar-refractivity contribution is -0.350. The van der Waals surface area contributed by atoms with Crippen LogP contribution < -0.4 is 89.1 Å². The van der Waals surface area contributed by atoms with E-state index >= 15 is 24.0 Å². The molecule has 3 saturated heterocycles. The largest absolute Gasteiger partial charge is 0.573 e. The van der Waals surface area contributed by atoms with Crippen molar-refractivity contribution in [1.29, 1.82) is 0 Å². The molecule has 8 aliphatic heterocycles. The molecule has 7 aromatic rings. The molecule has 15 rings (SSSR count). The number of primary amides is 1. The van der Waals surface area contributed by atoms with Gasteiger partial charge >= 0.3 is 6.36 Å². The zero-order valence-corrected chi connectivity index (χ0v) is 74.7. The fourth-order valence-corrected chi connectivity index (χ4v) is 16.9. The lowest BCUT2D eigenvalue weighted by Gasteiger charge is -2.46. The van der Waals surface area contributed by atoms with Gasteiger partial charge in [0.15, 0.2) is 24.1 Å². The molecule has 0 radical (unpaired) electrons. The van der Waals surface area contributed by atoms with Crippen LogP contribution in [0.15, 0.2) is 127 Å². The highest BCUT2D eigenvalue weighted by molar-refractivity contribution is 6.32. The molecule has 0 aromatic heterocycles. The van der Waals surface area contributed by atoms with Crippen LogP contribution >= 0.6 is 23.2 Å². The molecule has 26 N–H and O–H groups in total. The maximum atomic E-state index is 16.6. The van der Waals surface area contributed by atoms with Crippen LogP contribution in [0.3, 0.4) is 0 Å². The Bertz CT molecular complexity index is 5640. The third kappa shape index (κ3) is 23.3. The molecular weight excluding hydrogens is 1840 g/mol. The molecule has 7 aromatic carbocycles. The highest BCUT2D eigenvalue weighted by Crippen LogP contribution is 2.51. The van der Waals surface area contributed by atoms with E-state index < -0.39 is 297 Å². The number of ether oxygens (including phenoxy) is 9. The number of aliphatic hydroxyl groups excluding tert-OH is 8. The van der Waals surface area contributed by atoms with E-state index in [9.17, 15) is 88.5 Å². The number of anilines is 1. The molecule has 9 amide bonds. The van der Waals surface area contributed by atoms with Crippen LogP contribution in [0, 0.1) is 5.92 Å². The number of aromatic hydroxyl groups is 3. The molecule has 732 valence electrons. The fourth-order valence-electron chi connectivity index (χ4n) is 16.4. The van der Waals surface area contributed by atoms with Crippen molar-refractivity contribution in [2.45, 2.75) is 207 Å². The summed E-state index contributed by atoms with van der Waals surface area (Å²) in [4.78, 5) is 135. The Hall–Kier alpha value is -11.9. The molecular formula is C89H102Cl2F3N13O29. The SMILES string of the molecule is CCNNC(=O)C1NC(=O)[C@H]2NC(=O)[C@H](NC(=O)[C@@H]3NC(=O)C(CC(N)=O)NC(=O)C(NC(=O)[C@@H](CC(C)C)NC)[C@H](O)c4ccc(c(Cl)c4)Oc4cc3cc(c4O[C@@H]3O[C@H](CO)[C@@H](O[C@@H]4O[C@H](CNCc5cccc(NC(=O)c6cccc(OC(F)(F)F)c6)c5)[C@H](O)[C@H](O)[C@H]4O)[C@H](O)[C@H]3O)Oc3ccc(cc3Cl)[C@H]2O[C@H]2C[C@](C)(N)[C@@H](O)[C@H](C)O2)c2ccc(O)c(c2)-c2c(O)cc(O)cc21. The van der Waals surface area contributed by atoms with Gasteiger partial charge < -0.3 is 158 Å². The van der Waals surface area contributed by atoms with Crippen LogP contribution in [0.2, 0.25) is 10.0 Å². The normalized spacial score (nSPS) is 28.3. The van der Waals surface area contributed by atoms with E-state index in [1.54, 1.807) is 26.8 Å². The smallest absolute Gasteiger partial charge is 0.508 e. The molecule has 3 unspecified atom stereocenters. The second-order valence-electron chi connectivity index (χ2n) is 33.9. The molecule has 11 bridgehead atoms. The van der Waals surface area contributed by atoms with Crippen LogP contribution in [0.25, 0.3) is 11.1 Å². The van der Waals surface area contributed by atoms with E-state index in [2.05, 4.69) is 63.4 Å². The maximum absolute atomic E-state index is 16.6. The monoisotopic (exact) mass is 1940 g/mol. The lowest BCUT2D eigenvalue weighted by atomic mass is 9.86.